The fraction of sp³-hybridized carbons (Fsp3) is 0.500. The molecule has 0 aliphatic carbocycles. The average molecular weight is 237 g/mol. The molecule has 0 aromatic heterocycles. The van der Waals surface area contributed by atoms with E-state index in [4.69, 9.17) is 13.8 Å². The van der Waals surface area contributed by atoms with Crippen molar-refractivity contribution in [2.24, 2.45) is 0 Å². The summed E-state index contributed by atoms with van der Waals surface area (Å²) in [6.07, 6.45) is 4.98. The van der Waals surface area contributed by atoms with Crippen LogP contribution in [0.15, 0.2) is 24.3 Å². The number of para-hydroxylation sites is 1. The first-order chi connectivity index (χ1) is 7.38. The van der Waals surface area contributed by atoms with E-state index in [2.05, 4.69) is 13.0 Å². The van der Waals surface area contributed by atoms with Gasteiger partial charge in [0.25, 0.3) is 0 Å². The topological polar surface area (TPSA) is 9.23 Å². The minimum atomic E-state index is -0.634. The highest BCUT2D eigenvalue weighted by Crippen LogP contribution is 2.08. The highest BCUT2D eigenvalue weighted by molar-refractivity contribution is 7.01. The Morgan fingerprint density at radius 2 is 2.00 bits per heavy atom. The van der Waals surface area contributed by atoms with Crippen molar-refractivity contribution in [3.63, 3.8) is 0 Å². The van der Waals surface area contributed by atoms with E-state index < -0.39 is 19.3 Å². The number of hydrogen-bond donors (Lipinski definition) is 0. The molecule has 0 aliphatic rings. The van der Waals surface area contributed by atoms with Crippen molar-refractivity contribution < 1.29 is 4.74 Å². The van der Waals surface area contributed by atoms with Crippen LogP contribution in [0.2, 0.25) is 0 Å². The SMILES string of the molecule is CCCCCCOc1cccc[c]1[Mg][Cl]. The summed E-state index contributed by atoms with van der Waals surface area (Å²) < 4.78 is 6.94. The molecule has 1 nitrogen and oxygen atoms in total. The van der Waals surface area contributed by atoms with Crippen LogP contribution >= 0.6 is 9.07 Å². The zero-order valence-corrected chi connectivity index (χ0v) is 11.5. The molecule has 0 aliphatic heterocycles. The molecule has 0 N–H and O–H groups in total. The van der Waals surface area contributed by atoms with Gasteiger partial charge in [-0.1, -0.05) is 44.4 Å². The van der Waals surface area contributed by atoms with Crippen LogP contribution in [-0.2, 0) is 0 Å². The molecule has 1 aromatic carbocycles. The highest BCUT2D eigenvalue weighted by Gasteiger charge is 2.03. The second kappa shape index (κ2) is 8.25. The number of halogens is 1. The van der Waals surface area contributed by atoms with Crippen molar-refractivity contribution in [3.05, 3.63) is 24.3 Å². The summed E-state index contributed by atoms with van der Waals surface area (Å²) >= 11 is -0.634. The van der Waals surface area contributed by atoms with Crippen molar-refractivity contribution in [1.82, 2.24) is 0 Å². The molecule has 0 amide bonds. The van der Waals surface area contributed by atoms with Gasteiger partial charge in [-0.05, 0) is 12.5 Å². The third-order valence-electron chi connectivity index (χ3n) is 2.37. The summed E-state index contributed by atoms with van der Waals surface area (Å²) in [5.41, 5.74) is 0. The van der Waals surface area contributed by atoms with Gasteiger partial charge in [0.2, 0.25) is 0 Å². The van der Waals surface area contributed by atoms with Gasteiger partial charge >= 0.3 is 19.3 Å². The first-order valence-corrected chi connectivity index (χ1v) is 8.49. The van der Waals surface area contributed by atoms with Gasteiger partial charge < -0.3 is 13.8 Å². The van der Waals surface area contributed by atoms with Gasteiger partial charge in [-0.25, -0.2) is 0 Å². The largest absolute Gasteiger partial charge is 0.543 e. The summed E-state index contributed by atoms with van der Waals surface area (Å²) in [4.78, 5) is 0. The number of hydrogen-bond acceptors (Lipinski definition) is 1. The van der Waals surface area contributed by atoms with Crippen LogP contribution in [0.5, 0.6) is 5.75 Å². The molecule has 1 aromatic rings. The molecule has 0 fully saturated rings. The molecule has 3 heteroatoms. The van der Waals surface area contributed by atoms with Gasteiger partial charge in [0.15, 0.2) is 0 Å². The lowest BCUT2D eigenvalue weighted by Crippen LogP contribution is -2.13. The molecule has 0 spiro atoms. The Hall–Kier alpha value is 0.0762. The van der Waals surface area contributed by atoms with E-state index in [1.807, 2.05) is 18.2 Å². The van der Waals surface area contributed by atoms with Gasteiger partial charge in [0.05, 0.1) is 12.4 Å². The molecule has 0 radical (unpaired) electrons. The van der Waals surface area contributed by atoms with E-state index in [0.29, 0.717) is 0 Å². The first-order valence-electron chi connectivity index (χ1n) is 5.65. The third-order valence-corrected chi connectivity index (χ3v) is 4.11. The Labute approximate surface area is 106 Å². The van der Waals surface area contributed by atoms with E-state index in [0.717, 1.165) is 18.8 Å². The molecule has 0 saturated carbocycles. The summed E-state index contributed by atoms with van der Waals surface area (Å²) in [6, 6.07) is 8.12. The van der Waals surface area contributed by atoms with Crippen LogP contribution in [0.1, 0.15) is 32.6 Å². The molecule has 0 atom stereocenters. The van der Waals surface area contributed by atoms with Crippen LogP contribution in [0.25, 0.3) is 0 Å². The standard InChI is InChI=1S/C12H17O.ClH.Mg/c1-2-3-4-8-11-13-12-9-6-5-7-10-12;;/h5-7,9H,2-4,8,11H2,1H3;1H;/q;;+1/p-1. The lowest BCUT2D eigenvalue weighted by molar-refractivity contribution is 0.307. The van der Waals surface area contributed by atoms with E-state index in [1.54, 1.807) is 0 Å². The maximum Gasteiger partial charge on any atom is 0.543 e. The summed E-state index contributed by atoms with van der Waals surface area (Å²) in [6.45, 7) is 3.04. The fourth-order valence-electron chi connectivity index (χ4n) is 1.47. The lowest BCUT2D eigenvalue weighted by Gasteiger charge is -2.09. The highest BCUT2D eigenvalue weighted by atomic mass is 35.5. The van der Waals surface area contributed by atoms with Crippen LogP contribution in [0, 0.1) is 0 Å². The molecule has 0 unspecified atom stereocenters. The predicted octanol–water partition coefficient (Wildman–Crippen LogP) is 3.13. The Bertz CT molecular complexity index is 278. The Morgan fingerprint density at radius 3 is 2.73 bits per heavy atom. The van der Waals surface area contributed by atoms with Gasteiger partial charge in [0.1, 0.15) is 0 Å². The normalized spacial score (nSPS) is 9.73. The van der Waals surface area contributed by atoms with Crippen LogP contribution in [-0.4, -0.2) is 25.9 Å². The number of rotatable bonds is 7. The lowest BCUT2D eigenvalue weighted by atomic mass is 10.2. The smallest absolute Gasteiger partial charge is 0.496 e. The van der Waals surface area contributed by atoms with E-state index in [1.165, 1.54) is 23.0 Å². The zero-order valence-electron chi connectivity index (χ0n) is 9.34. The maximum atomic E-state index is 5.95. The van der Waals surface area contributed by atoms with Gasteiger partial charge in [-0.2, -0.15) is 0 Å². The minimum absolute atomic E-state index is 0.634. The first kappa shape index (κ1) is 13.1. The number of ether oxygens (including phenoxy) is 1. The summed E-state index contributed by atoms with van der Waals surface area (Å²) in [7, 11) is 5.95. The molecular weight excluding hydrogens is 220 g/mol. The second-order valence-electron chi connectivity index (χ2n) is 3.65. The Balaban J connectivity index is 2.30. The van der Waals surface area contributed by atoms with Gasteiger partial charge in [0, 0.05) is 0 Å². The van der Waals surface area contributed by atoms with Crippen molar-refractivity contribution in [1.29, 1.82) is 0 Å². The monoisotopic (exact) mass is 236 g/mol. The predicted molar refractivity (Wildman–Crippen MR) is 67.3 cm³/mol. The van der Waals surface area contributed by atoms with Crippen molar-refractivity contribution in [2.45, 2.75) is 32.6 Å². The van der Waals surface area contributed by atoms with Crippen LogP contribution in [0.4, 0.5) is 0 Å². The molecule has 80 valence electrons. The molecular formula is C12H17ClMgO. The van der Waals surface area contributed by atoms with Crippen LogP contribution in [0.3, 0.4) is 0 Å². The van der Waals surface area contributed by atoms with E-state index in [9.17, 15) is 0 Å². The molecule has 0 bridgehead atoms. The van der Waals surface area contributed by atoms with E-state index in [-0.39, 0.29) is 0 Å². The van der Waals surface area contributed by atoms with E-state index >= 15 is 0 Å². The fourth-order valence-corrected chi connectivity index (χ4v) is 2.71. The van der Waals surface area contributed by atoms with Gasteiger partial charge in [-0.15, -0.1) is 3.69 Å². The Kier molecular flexibility index (Phi) is 7.23. The van der Waals surface area contributed by atoms with Crippen LogP contribution < -0.4 is 8.43 Å². The van der Waals surface area contributed by atoms with Crippen molar-refractivity contribution in [2.75, 3.05) is 6.61 Å². The molecule has 1 rings (SSSR count). The third kappa shape index (κ3) is 5.09. The van der Waals surface area contributed by atoms with Gasteiger partial charge in [-0.3, -0.25) is 0 Å². The summed E-state index contributed by atoms with van der Waals surface area (Å²) in [5, 5.41) is 0. The molecule has 15 heavy (non-hydrogen) atoms. The second-order valence-corrected chi connectivity index (χ2v) is 5.48. The molecule has 0 saturated heterocycles. The number of unbranched alkanes of at least 4 members (excludes halogenated alkanes) is 3. The Morgan fingerprint density at radius 1 is 1.20 bits per heavy atom. The molecule has 0 heterocycles. The maximum absolute atomic E-state index is 5.95. The minimum Gasteiger partial charge on any atom is -0.496 e. The van der Waals surface area contributed by atoms with Crippen molar-refractivity contribution >= 4 is 32.0 Å². The average Bonchev–Trinajstić information content (AvgIpc) is 2.29. The summed E-state index contributed by atoms with van der Waals surface area (Å²) in [5.74, 6) is 0.996. The van der Waals surface area contributed by atoms with Crippen molar-refractivity contribution in [3.8, 4) is 5.75 Å². The zero-order chi connectivity index (χ0) is 10.9. The number of benzene rings is 1. The quantitative estimate of drug-likeness (QED) is 0.522.